The SMILES string of the molecule is C=C(C)c1cc(F)cc(C(=C)C)c1OCC1CCN(C(=O)OC(C)(C)C)CC1. The molecular formula is C23H32FNO3. The Labute approximate surface area is 168 Å². The summed E-state index contributed by atoms with van der Waals surface area (Å²) in [5.74, 6) is 0.629. The van der Waals surface area contributed by atoms with E-state index in [1.165, 1.54) is 12.1 Å². The molecule has 4 nitrogen and oxygen atoms in total. The number of hydrogen-bond donors (Lipinski definition) is 0. The molecule has 0 bridgehead atoms. The average Bonchev–Trinajstić information content (AvgIpc) is 2.58. The van der Waals surface area contributed by atoms with Crippen molar-refractivity contribution >= 4 is 17.2 Å². The third kappa shape index (κ3) is 5.85. The van der Waals surface area contributed by atoms with Crippen LogP contribution in [-0.2, 0) is 4.74 Å². The van der Waals surface area contributed by atoms with Crippen LogP contribution in [0.2, 0.25) is 0 Å². The zero-order valence-electron chi connectivity index (χ0n) is 17.7. The lowest BCUT2D eigenvalue weighted by molar-refractivity contribution is 0.0165. The van der Waals surface area contributed by atoms with Gasteiger partial charge in [0.25, 0.3) is 0 Å². The van der Waals surface area contributed by atoms with Crippen LogP contribution in [0.5, 0.6) is 5.75 Å². The first-order valence-electron chi connectivity index (χ1n) is 9.74. The summed E-state index contributed by atoms with van der Waals surface area (Å²) in [6.45, 7) is 19.0. The molecule has 0 aliphatic carbocycles. The summed E-state index contributed by atoms with van der Waals surface area (Å²) >= 11 is 0. The van der Waals surface area contributed by atoms with Crippen LogP contribution in [0.4, 0.5) is 9.18 Å². The van der Waals surface area contributed by atoms with Crippen molar-refractivity contribution in [1.82, 2.24) is 4.90 Å². The molecule has 28 heavy (non-hydrogen) atoms. The van der Waals surface area contributed by atoms with Gasteiger partial charge >= 0.3 is 6.09 Å². The Morgan fingerprint density at radius 1 is 1.14 bits per heavy atom. The minimum atomic E-state index is -0.489. The topological polar surface area (TPSA) is 38.8 Å². The summed E-state index contributed by atoms with van der Waals surface area (Å²) in [6.07, 6.45) is 1.41. The van der Waals surface area contributed by atoms with Crippen molar-refractivity contribution in [2.24, 2.45) is 5.92 Å². The molecule has 0 saturated carbocycles. The lowest BCUT2D eigenvalue weighted by atomic mass is 9.97. The monoisotopic (exact) mass is 389 g/mol. The fraction of sp³-hybridized carbons (Fsp3) is 0.522. The standard InChI is InChI=1S/C23H32FNO3/c1-15(2)19-12-18(24)13-20(16(3)4)21(19)27-14-17-8-10-25(11-9-17)22(26)28-23(5,6)7/h12-13,17H,1,3,8-11,14H2,2,4-7H3. The lowest BCUT2D eigenvalue weighted by Gasteiger charge is -2.33. The number of benzene rings is 1. The van der Waals surface area contributed by atoms with Crippen molar-refractivity contribution in [1.29, 1.82) is 0 Å². The smallest absolute Gasteiger partial charge is 0.410 e. The number of halogens is 1. The van der Waals surface area contributed by atoms with E-state index in [2.05, 4.69) is 13.2 Å². The zero-order chi connectivity index (χ0) is 21.1. The highest BCUT2D eigenvalue weighted by Gasteiger charge is 2.27. The second kappa shape index (κ2) is 8.80. The molecule has 0 atom stereocenters. The molecule has 1 aromatic carbocycles. The van der Waals surface area contributed by atoms with E-state index in [1.54, 1.807) is 4.90 Å². The normalized spacial score (nSPS) is 15.3. The highest BCUT2D eigenvalue weighted by Crippen LogP contribution is 2.35. The molecule has 0 N–H and O–H groups in total. The van der Waals surface area contributed by atoms with Gasteiger partial charge in [-0.2, -0.15) is 0 Å². The van der Waals surface area contributed by atoms with Crippen LogP contribution in [0.1, 0.15) is 58.6 Å². The Hall–Kier alpha value is -2.30. The number of ether oxygens (including phenoxy) is 2. The molecule has 1 aliphatic heterocycles. The van der Waals surface area contributed by atoms with Crippen LogP contribution >= 0.6 is 0 Å². The Bertz CT molecular complexity index is 721. The minimum absolute atomic E-state index is 0.264. The fourth-order valence-electron chi connectivity index (χ4n) is 3.19. The third-order valence-corrected chi connectivity index (χ3v) is 4.70. The quantitative estimate of drug-likeness (QED) is 0.628. The maximum absolute atomic E-state index is 14.0. The number of hydrogen-bond acceptors (Lipinski definition) is 3. The van der Waals surface area contributed by atoms with Crippen molar-refractivity contribution in [3.05, 3.63) is 42.2 Å². The predicted molar refractivity (Wildman–Crippen MR) is 112 cm³/mol. The van der Waals surface area contributed by atoms with Crippen LogP contribution < -0.4 is 4.74 Å². The van der Waals surface area contributed by atoms with E-state index in [1.807, 2.05) is 34.6 Å². The molecule has 5 heteroatoms. The number of piperidine rings is 1. The van der Waals surface area contributed by atoms with E-state index in [9.17, 15) is 9.18 Å². The van der Waals surface area contributed by atoms with Gasteiger partial charge in [0.15, 0.2) is 0 Å². The highest BCUT2D eigenvalue weighted by molar-refractivity contribution is 5.77. The summed E-state index contributed by atoms with van der Waals surface area (Å²) in [7, 11) is 0. The summed E-state index contributed by atoms with van der Waals surface area (Å²) in [4.78, 5) is 13.9. The Kier molecular flexibility index (Phi) is 6.91. The number of carbonyl (C=O) groups excluding carboxylic acids is 1. The molecule has 0 aromatic heterocycles. The number of likely N-dealkylation sites (tertiary alicyclic amines) is 1. The van der Waals surface area contributed by atoms with Crippen LogP contribution in [0.3, 0.4) is 0 Å². The maximum Gasteiger partial charge on any atom is 0.410 e. The second-order valence-corrected chi connectivity index (χ2v) is 8.61. The number of rotatable bonds is 5. The summed E-state index contributed by atoms with van der Waals surface area (Å²) in [6, 6.07) is 2.91. The van der Waals surface area contributed by atoms with Crippen molar-refractivity contribution in [3.63, 3.8) is 0 Å². The largest absolute Gasteiger partial charge is 0.492 e. The lowest BCUT2D eigenvalue weighted by Crippen LogP contribution is -2.42. The second-order valence-electron chi connectivity index (χ2n) is 8.61. The first kappa shape index (κ1) is 22.0. The predicted octanol–water partition coefficient (Wildman–Crippen LogP) is 5.92. The van der Waals surface area contributed by atoms with Gasteiger partial charge < -0.3 is 14.4 Å². The highest BCUT2D eigenvalue weighted by atomic mass is 19.1. The first-order chi connectivity index (χ1) is 13.0. The van der Waals surface area contributed by atoms with Gasteiger partial charge in [-0.3, -0.25) is 0 Å². The Morgan fingerprint density at radius 3 is 2.07 bits per heavy atom. The number of amides is 1. The molecule has 1 aliphatic rings. The molecule has 1 aromatic rings. The van der Waals surface area contributed by atoms with Crippen molar-refractivity contribution in [2.45, 2.75) is 53.1 Å². The van der Waals surface area contributed by atoms with E-state index < -0.39 is 5.60 Å². The number of carbonyl (C=O) groups is 1. The molecular weight excluding hydrogens is 357 g/mol. The Balaban J connectivity index is 2.02. The van der Waals surface area contributed by atoms with Crippen LogP contribution in [-0.4, -0.2) is 36.3 Å². The van der Waals surface area contributed by atoms with E-state index in [4.69, 9.17) is 9.47 Å². The fourth-order valence-corrected chi connectivity index (χ4v) is 3.19. The first-order valence-corrected chi connectivity index (χ1v) is 9.74. The van der Waals surface area contributed by atoms with E-state index in [0.717, 1.165) is 24.0 Å². The van der Waals surface area contributed by atoms with Gasteiger partial charge in [0.2, 0.25) is 0 Å². The maximum atomic E-state index is 14.0. The van der Waals surface area contributed by atoms with Gasteiger partial charge in [0, 0.05) is 24.2 Å². The number of allylic oxidation sites excluding steroid dienone is 2. The van der Waals surface area contributed by atoms with Gasteiger partial charge in [-0.25, -0.2) is 9.18 Å². The molecule has 154 valence electrons. The molecule has 1 fully saturated rings. The summed E-state index contributed by atoms with van der Waals surface area (Å²) in [5.41, 5.74) is 2.35. The molecule has 1 amide bonds. The Morgan fingerprint density at radius 2 is 1.64 bits per heavy atom. The van der Waals surface area contributed by atoms with E-state index in [-0.39, 0.29) is 11.9 Å². The van der Waals surface area contributed by atoms with Crippen LogP contribution in [0.15, 0.2) is 25.3 Å². The summed E-state index contributed by atoms with van der Waals surface area (Å²) in [5, 5.41) is 0. The zero-order valence-corrected chi connectivity index (χ0v) is 17.7. The molecule has 1 saturated heterocycles. The van der Waals surface area contributed by atoms with Crippen LogP contribution in [0.25, 0.3) is 11.1 Å². The number of nitrogens with zero attached hydrogens (tertiary/aromatic N) is 1. The van der Waals surface area contributed by atoms with Crippen molar-refractivity contribution in [3.8, 4) is 5.75 Å². The van der Waals surface area contributed by atoms with Crippen LogP contribution in [0, 0.1) is 11.7 Å². The van der Waals surface area contributed by atoms with Crippen molar-refractivity contribution < 1.29 is 18.7 Å². The van der Waals surface area contributed by atoms with Gasteiger partial charge in [-0.15, -0.1) is 0 Å². The van der Waals surface area contributed by atoms with E-state index >= 15 is 0 Å². The van der Waals surface area contributed by atoms with E-state index in [0.29, 0.717) is 42.5 Å². The minimum Gasteiger partial charge on any atom is -0.492 e. The van der Waals surface area contributed by atoms with Gasteiger partial charge in [-0.1, -0.05) is 13.2 Å². The average molecular weight is 390 g/mol. The summed E-state index contributed by atoms with van der Waals surface area (Å²) < 4.78 is 25.5. The van der Waals surface area contributed by atoms with Gasteiger partial charge in [0.1, 0.15) is 17.2 Å². The molecule has 2 rings (SSSR count). The molecule has 0 radical (unpaired) electrons. The van der Waals surface area contributed by atoms with Gasteiger partial charge in [-0.05, 0) is 76.7 Å². The van der Waals surface area contributed by atoms with Gasteiger partial charge in [0.05, 0.1) is 6.61 Å². The van der Waals surface area contributed by atoms with Crippen molar-refractivity contribution in [2.75, 3.05) is 19.7 Å². The molecule has 1 heterocycles. The third-order valence-electron chi connectivity index (χ3n) is 4.70. The molecule has 0 unspecified atom stereocenters. The molecule has 0 spiro atoms.